The van der Waals surface area contributed by atoms with Gasteiger partial charge in [-0.1, -0.05) is 47.5 Å². The monoisotopic (exact) mass is 471 g/mol. The van der Waals surface area contributed by atoms with Crippen molar-refractivity contribution >= 4 is 58.4 Å². The average Bonchev–Trinajstić information content (AvgIpc) is 2.74. The predicted molar refractivity (Wildman–Crippen MR) is 123 cm³/mol. The number of halogens is 2. The van der Waals surface area contributed by atoms with Gasteiger partial charge in [0.2, 0.25) is 0 Å². The molecule has 3 rings (SSSR count). The van der Waals surface area contributed by atoms with Crippen molar-refractivity contribution in [3.63, 3.8) is 0 Å². The number of ether oxygens (including phenoxy) is 1. The Morgan fingerprint density at radius 2 is 1.90 bits per heavy atom. The maximum Gasteiger partial charge on any atom is 0.265 e. The van der Waals surface area contributed by atoms with Crippen LogP contribution in [0.3, 0.4) is 0 Å². The van der Waals surface area contributed by atoms with Gasteiger partial charge in [0, 0.05) is 12.1 Å². The number of rotatable bonds is 6. The highest BCUT2D eigenvalue weighted by molar-refractivity contribution is 7.80. The van der Waals surface area contributed by atoms with E-state index in [2.05, 4.69) is 18.0 Å². The molecule has 2 aromatic carbocycles. The standard InChI is InChI=1S/C22H15Cl2N3O3S/c1-2-7-27-21(29)16(20(28)26-22(27)31)8-13-9-17(23)19(18(24)10-13)30-12-15-6-4-3-5-14(15)11-25/h2-6,8-10H,1,7,12H2,(H,26,28,31)/b16-8+. The molecule has 2 aromatic rings. The van der Waals surface area contributed by atoms with E-state index in [0.29, 0.717) is 16.7 Å². The van der Waals surface area contributed by atoms with Crippen LogP contribution in [0.1, 0.15) is 16.7 Å². The number of hydrogen-bond acceptors (Lipinski definition) is 5. The Morgan fingerprint density at radius 3 is 2.55 bits per heavy atom. The fraction of sp³-hybridized carbons (Fsp3) is 0.0909. The summed E-state index contributed by atoms with van der Waals surface area (Å²) in [7, 11) is 0. The van der Waals surface area contributed by atoms with Gasteiger partial charge in [-0.3, -0.25) is 19.8 Å². The largest absolute Gasteiger partial charge is 0.486 e. The molecule has 0 aliphatic carbocycles. The van der Waals surface area contributed by atoms with Crippen molar-refractivity contribution < 1.29 is 14.3 Å². The van der Waals surface area contributed by atoms with E-state index in [1.54, 1.807) is 24.3 Å². The van der Waals surface area contributed by atoms with Crippen LogP contribution in [0.5, 0.6) is 5.75 Å². The molecule has 1 aliphatic rings. The third kappa shape index (κ3) is 4.94. The molecule has 0 unspecified atom stereocenters. The zero-order valence-electron chi connectivity index (χ0n) is 16.0. The topological polar surface area (TPSA) is 82.4 Å². The molecule has 1 fully saturated rings. The van der Waals surface area contributed by atoms with Crippen molar-refractivity contribution in [3.8, 4) is 11.8 Å². The van der Waals surface area contributed by atoms with Gasteiger partial charge in [-0.05, 0) is 42.1 Å². The summed E-state index contributed by atoms with van der Waals surface area (Å²) >= 11 is 17.7. The number of nitrogens with zero attached hydrogens (tertiary/aromatic N) is 2. The number of thiocarbonyl (C=S) groups is 1. The first-order valence-electron chi connectivity index (χ1n) is 8.95. The maximum atomic E-state index is 12.6. The summed E-state index contributed by atoms with van der Waals surface area (Å²) in [4.78, 5) is 26.1. The highest BCUT2D eigenvalue weighted by atomic mass is 35.5. The number of hydrogen-bond donors (Lipinski definition) is 1. The molecule has 0 aromatic heterocycles. The Balaban J connectivity index is 1.87. The van der Waals surface area contributed by atoms with E-state index >= 15 is 0 Å². The summed E-state index contributed by atoms with van der Waals surface area (Å²) in [6.07, 6.45) is 2.88. The molecule has 2 amide bonds. The molecule has 156 valence electrons. The summed E-state index contributed by atoms with van der Waals surface area (Å²) in [6, 6.07) is 12.2. The molecule has 0 bridgehead atoms. The van der Waals surface area contributed by atoms with Crippen LogP contribution < -0.4 is 10.1 Å². The highest BCUT2D eigenvalue weighted by Crippen LogP contribution is 2.35. The first kappa shape index (κ1) is 22.5. The Morgan fingerprint density at radius 1 is 1.23 bits per heavy atom. The zero-order valence-corrected chi connectivity index (χ0v) is 18.4. The molecular weight excluding hydrogens is 457 g/mol. The highest BCUT2D eigenvalue weighted by Gasteiger charge is 2.32. The van der Waals surface area contributed by atoms with Crippen LogP contribution in [-0.2, 0) is 16.2 Å². The number of carbonyl (C=O) groups excluding carboxylic acids is 2. The Hall–Kier alpha value is -3.18. The molecule has 1 heterocycles. The van der Waals surface area contributed by atoms with Gasteiger partial charge in [0.15, 0.2) is 10.9 Å². The van der Waals surface area contributed by atoms with E-state index in [0.717, 1.165) is 0 Å². The minimum absolute atomic E-state index is 0.0181. The fourth-order valence-electron chi connectivity index (χ4n) is 2.86. The van der Waals surface area contributed by atoms with Crippen molar-refractivity contribution in [2.75, 3.05) is 6.54 Å². The van der Waals surface area contributed by atoms with Crippen LogP contribution in [-0.4, -0.2) is 28.4 Å². The molecule has 9 heteroatoms. The molecule has 0 saturated carbocycles. The molecule has 0 atom stereocenters. The normalized spacial score (nSPS) is 14.9. The van der Waals surface area contributed by atoms with Crippen molar-refractivity contribution in [1.82, 2.24) is 10.2 Å². The van der Waals surface area contributed by atoms with Crippen LogP contribution in [0.2, 0.25) is 10.0 Å². The minimum Gasteiger partial charge on any atom is -0.486 e. The van der Waals surface area contributed by atoms with Crippen LogP contribution in [0.15, 0.2) is 54.6 Å². The van der Waals surface area contributed by atoms with Gasteiger partial charge in [-0.2, -0.15) is 5.26 Å². The van der Waals surface area contributed by atoms with Gasteiger partial charge in [-0.25, -0.2) is 0 Å². The van der Waals surface area contributed by atoms with Crippen molar-refractivity contribution in [3.05, 3.63) is 81.4 Å². The lowest BCUT2D eigenvalue weighted by atomic mass is 10.1. The summed E-state index contributed by atoms with van der Waals surface area (Å²) in [5.74, 6) is -0.933. The number of nitrogens with one attached hydrogen (secondary N) is 1. The van der Waals surface area contributed by atoms with E-state index in [1.165, 1.54) is 29.2 Å². The van der Waals surface area contributed by atoms with Gasteiger partial charge in [0.25, 0.3) is 11.8 Å². The maximum absolute atomic E-state index is 12.6. The van der Waals surface area contributed by atoms with Crippen LogP contribution >= 0.6 is 35.4 Å². The van der Waals surface area contributed by atoms with Gasteiger partial charge in [0.1, 0.15) is 12.2 Å². The predicted octanol–water partition coefficient (Wildman–Crippen LogP) is 4.26. The zero-order chi connectivity index (χ0) is 22.5. The first-order chi connectivity index (χ1) is 14.8. The number of nitriles is 1. The summed E-state index contributed by atoms with van der Waals surface area (Å²) in [6.45, 7) is 3.84. The molecular formula is C22H15Cl2N3O3S. The summed E-state index contributed by atoms with van der Waals surface area (Å²) < 4.78 is 5.73. The van der Waals surface area contributed by atoms with E-state index < -0.39 is 11.8 Å². The van der Waals surface area contributed by atoms with Crippen LogP contribution in [0.25, 0.3) is 6.08 Å². The molecule has 0 spiro atoms. The quantitative estimate of drug-likeness (QED) is 0.294. The van der Waals surface area contributed by atoms with Crippen LogP contribution in [0, 0.1) is 11.3 Å². The minimum atomic E-state index is -0.615. The third-order valence-corrected chi connectivity index (χ3v) is 5.22. The molecule has 6 nitrogen and oxygen atoms in total. The van der Waals surface area contributed by atoms with E-state index in [-0.39, 0.29) is 39.6 Å². The van der Waals surface area contributed by atoms with Gasteiger partial charge in [-0.15, -0.1) is 6.58 Å². The van der Waals surface area contributed by atoms with Gasteiger partial charge in [0.05, 0.1) is 21.7 Å². The molecule has 1 N–H and O–H groups in total. The van der Waals surface area contributed by atoms with Gasteiger partial charge < -0.3 is 4.74 Å². The number of benzene rings is 2. The average molecular weight is 472 g/mol. The lowest BCUT2D eigenvalue weighted by Crippen LogP contribution is -2.53. The summed E-state index contributed by atoms with van der Waals surface area (Å²) in [5, 5.41) is 12.1. The Labute approximate surface area is 194 Å². The lowest BCUT2D eigenvalue weighted by molar-refractivity contribution is -0.128. The first-order valence-corrected chi connectivity index (χ1v) is 10.1. The Kier molecular flexibility index (Phi) is 7.08. The Bertz CT molecular complexity index is 1150. The smallest absolute Gasteiger partial charge is 0.265 e. The number of carbonyl (C=O) groups is 2. The third-order valence-electron chi connectivity index (χ3n) is 4.34. The molecule has 1 saturated heterocycles. The van der Waals surface area contributed by atoms with Crippen LogP contribution in [0.4, 0.5) is 0 Å². The second-order valence-electron chi connectivity index (χ2n) is 6.39. The van der Waals surface area contributed by atoms with E-state index in [1.807, 2.05) is 0 Å². The lowest BCUT2D eigenvalue weighted by Gasteiger charge is -2.27. The number of amides is 2. The fourth-order valence-corrected chi connectivity index (χ4v) is 3.72. The van der Waals surface area contributed by atoms with Crippen molar-refractivity contribution in [1.29, 1.82) is 5.26 Å². The molecule has 1 aliphatic heterocycles. The van der Waals surface area contributed by atoms with E-state index in [4.69, 9.17) is 40.2 Å². The molecule has 31 heavy (non-hydrogen) atoms. The SMILES string of the molecule is C=CCN1C(=O)/C(=C/c2cc(Cl)c(OCc3ccccc3C#N)c(Cl)c2)C(=O)NC1=S. The second kappa shape index (κ2) is 9.75. The molecule has 0 radical (unpaired) electrons. The van der Waals surface area contributed by atoms with Crippen molar-refractivity contribution in [2.45, 2.75) is 6.61 Å². The van der Waals surface area contributed by atoms with Crippen molar-refractivity contribution in [2.24, 2.45) is 0 Å². The second-order valence-corrected chi connectivity index (χ2v) is 7.59. The summed E-state index contributed by atoms with van der Waals surface area (Å²) in [5.41, 5.74) is 1.50. The van der Waals surface area contributed by atoms with Gasteiger partial charge >= 0.3 is 0 Å². The van der Waals surface area contributed by atoms with E-state index in [9.17, 15) is 14.9 Å².